The lowest BCUT2D eigenvalue weighted by Gasteiger charge is -2.16. The van der Waals surface area contributed by atoms with Crippen LogP contribution >= 0.6 is 0 Å². The molecule has 0 radical (unpaired) electrons. The van der Waals surface area contributed by atoms with Crippen LogP contribution in [0.4, 0.5) is 20.2 Å². The number of benzene rings is 3. The van der Waals surface area contributed by atoms with Crippen LogP contribution in [0.3, 0.4) is 0 Å². The van der Waals surface area contributed by atoms with E-state index in [2.05, 4.69) is 5.32 Å². The number of anilines is 2. The normalized spacial score (nSPS) is 13.7. The molecule has 3 aromatic rings. The lowest BCUT2D eigenvalue weighted by molar-refractivity contribution is -0.120. The number of hydrogen-bond acceptors (Lipinski definition) is 4. The number of hydrogen-bond donors (Lipinski definition) is 1. The van der Waals surface area contributed by atoms with Crippen LogP contribution in [0.5, 0.6) is 5.75 Å². The Labute approximate surface area is 177 Å². The standard InChI is InChI=1S/C24H18F2N2O3/c1-2-31-18-7-5-6-17(14-18)27-22-21(15-10-12-16(25)13-11-15)23(29)28(24(22)30)20-9-4-3-8-19(20)26/h3-14,27H,2H2,1H3. The van der Waals surface area contributed by atoms with Crippen molar-refractivity contribution in [2.24, 2.45) is 0 Å². The topological polar surface area (TPSA) is 58.6 Å². The van der Waals surface area contributed by atoms with Crippen LogP contribution in [0.2, 0.25) is 0 Å². The van der Waals surface area contributed by atoms with Gasteiger partial charge in [0.2, 0.25) is 0 Å². The van der Waals surface area contributed by atoms with Crippen LogP contribution in [-0.4, -0.2) is 18.4 Å². The first-order valence-electron chi connectivity index (χ1n) is 9.63. The predicted octanol–water partition coefficient (Wildman–Crippen LogP) is 4.76. The second kappa shape index (κ2) is 8.39. The number of nitrogens with one attached hydrogen (secondary N) is 1. The number of carbonyl (C=O) groups excluding carboxylic acids is 2. The molecule has 7 heteroatoms. The van der Waals surface area contributed by atoms with Crippen molar-refractivity contribution in [3.05, 3.63) is 95.7 Å². The van der Waals surface area contributed by atoms with Gasteiger partial charge in [-0.2, -0.15) is 0 Å². The maximum Gasteiger partial charge on any atom is 0.282 e. The van der Waals surface area contributed by atoms with E-state index >= 15 is 0 Å². The van der Waals surface area contributed by atoms with Gasteiger partial charge in [-0.1, -0.05) is 30.3 Å². The number of carbonyl (C=O) groups is 2. The first kappa shape index (κ1) is 20.3. The minimum atomic E-state index is -0.712. The lowest BCUT2D eigenvalue weighted by Crippen LogP contribution is -2.33. The van der Waals surface area contributed by atoms with Gasteiger partial charge in [0.05, 0.1) is 17.9 Å². The fourth-order valence-electron chi connectivity index (χ4n) is 3.36. The van der Waals surface area contributed by atoms with Crippen LogP contribution in [0.1, 0.15) is 12.5 Å². The molecule has 5 nitrogen and oxygen atoms in total. The van der Waals surface area contributed by atoms with Gasteiger partial charge in [0, 0.05) is 11.8 Å². The molecule has 0 saturated carbocycles. The Morgan fingerprint density at radius 2 is 1.65 bits per heavy atom. The van der Waals surface area contributed by atoms with Gasteiger partial charge < -0.3 is 10.1 Å². The molecule has 4 rings (SSSR count). The second-order valence-electron chi connectivity index (χ2n) is 6.74. The minimum Gasteiger partial charge on any atom is -0.494 e. The summed E-state index contributed by atoms with van der Waals surface area (Å²) in [5.74, 6) is -2.02. The molecule has 0 unspecified atom stereocenters. The Kier molecular flexibility index (Phi) is 5.49. The third-order valence-corrected chi connectivity index (χ3v) is 4.72. The summed E-state index contributed by atoms with van der Waals surface area (Å²) >= 11 is 0. The summed E-state index contributed by atoms with van der Waals surface area (Å²) in [7, 11) is 0. The quantitative estimate of drug-likeness (QED) is 0.584. The Morgan fingerprint density at radius 3 is 2.35 bits per heavy atom. The molecule has 0 aliphatic carbocycles. The van der Waals surface area contributed by atoms with Crippen molar-refractivity contribution in [3.63, 3.8) is 0 Å². The number of rotatable bonds is 6. The average molecular weight is 420 g/mol. The predicted molar refractivity (Wildman–Crippen MR) is 113 cm³/mol. The van der Waals surface area contributed by atoms with Gasteiger partial charge in [0.25, 0.3) is 11.8 Å². The van der Waals surface area contributed by atoms with Gasteiger partial charge in [-0.05, 0) is 48.9 Å². The van der Waals surface area contributed by atoms with Gasteiger partial charge in [0.1, 0.15) is 23.1 Å². The minimum absolute atomic E-state index is 0.0232. The highest BCUT2D eigenvalue weighted by molar-refractivity contribution is 6.46. The highest BCUT2D eigenvalue weighted by atomic mass is 19.1. The first-order chi connectivity index (χ1) is 15.0. The van der Waals surface area contributed by atoms with Crippen molar-refractivity contribution in [1.29, 1.82) is 0 Å². The Bertz CT molecular complexity index is 1190. The molecular weight excluding hydrogens is 402 g/mol. The van der Waals surface area contributed by atoms with Crippen LogP contribution in [0.15, 0.2) is 78.5 Å². The molecule has 0 bridgehead atoms. The van der Waals surface area contributed by atoms with Gasteiger partial charge in [-0.3, -0.25) is 9.59 Å². The summed E-state index contributed by atoms with van der Waals surface area (Å²) < 4.78 is 33.3. The first-order valence-corrected chi connectivity index (χ1v) is 9.63. The fraction of sp³-hybridized carbons (Fsp3) is 0.0833. The number of imide groups is 1. The maximum absolute atomic E-state index is 14.4. The zero-order valence-corrected chi connectivity index (χ0v) is 16.6. The Hall–Kier alpha value is -4.00. The van der Waals surface area contributed by atoms with Crippen molar-refractivity contribution in [3.8, 4) is 5.75 Å². The van der Waals surface area contributed by atoms with E-state index in [0.29, 0.717) is 23.6 Å². The van der Waals surface area contributed by atoms with Crippen LogP contribution in [-0.2, 0) is 9.59 Å². The summed E-state index contributed by atoms with van der Waals surface area (Å²) in [5.41, 5.74) is 0.680. The number of nitrogens with zero attached hydrogens (tertiary/aromatic N) is 1. The monoisotopic (exact) mass is 420 g/mol. The molecule has 1 aliphatic heterocycles. The van der Waals surface area contributed by atoms with Crippen molar-refractivity contribution < 1.29 is 23.1 Å². The molecule has 0 atom stereocenters. The smallest absolute Gasteiger partial charge is 0.282 e. The lowest BCUT2D eigenvalue weighted by atomic mass is 10.0. The van der Waals surface area contributed by atoms with Gasteiger partial charge in [-0.15, -0.1) is 0 Å². The highest BCUT2D eigenvalue weighted by Gasteiger charge is 2.41. The van der Waals surface area contributed by atoms with E-state index in [4.69, 9.17) is 4.74 Å². The molecule has 31 heavy (non-hydrogen) atoms. The van der Waals surface area contributed by atoms with Crippen LogP contribution in [0.25, 0.3) is 5.57 Å². The summed E-state index contributed by atoms with van der Waals surface area (Å²) in [6.45, 7) is 2.31. The van der Waals surface area contributed by atoms with Crippen LogP contribution < -0.4 is 15.0 Å². The number of halogens is 2. The SMILES string of the molecule is CCOc1cccc(NC2=C(c3ccc(F)cc3)C(=O)N(c3ccccc3F)C2=O)c1. The summed E-state index contributed by atoms with van der Waals surface area (Å²) in [6.07, 6.45) is 0. The van der Waals surface area contributed by atoms with E-state index in [1.807, 2.05) is 6.92 Å². The highest BCUT2D eigenvalue weighted by Crippen LogP contribution is 2.35. The molecule has 1 aliphatic rings. The molecule has 156 valence electrons. The average Bonchev–Trinajstić information content (AvgIpc) is 2.99. The van der Waals surface area contributed by atoms with Gasteiger partial charge in [-0.25, -0.2) is 13.7 Å². The second-order valence-corrected chi connectivity index (χ2v) is 6.74. The van der Waals surface area contributed by atoms with E-state index in [9.17, 15) is 18.4 Å². The third kappa shape index (κ3) is 3.90. The number of para-hydroxylation sites is 1. The van der Waals surface area contributed by atoms with Crippen LogP contribution in [0, 0.1) is 11.6 Å². The zero-order chi connectivity index (χ0) is 22.0. The van der Waals surface area contributed by atoms with E-state index in [1.54, 1.807) is 24.3 Å². The largest absolute Gasteiger partial charge is 0.494 e. The summed E-state index contributed by atoms with van der Waals surface area (Å²) in [5, 5.41) is 2.97. The summed E-state index contributed by atoms with van der Waals surface area (Å²) in [6, 6.07) is 17.6. The van der Waals surface area contributed by atoms with Crippen molar-refractivity contribution >= 4 is 28.8 Å². The van der Waals surface area contributed by atoms with Crippen molar-refractivity contribution in [1.82, 2.24) is 0 Å². The van der Waals surface area contributed by atoms with Gasteiger partial charge >= 0.3 is 0 Å². The molecule has 0 spiro atoms. The van der Waals surface area contributed by atoms with Crippen molar-refractivity contribution in [2.45, 2.75) is 6.92 Å². The molecule has 0 aromatic heterocycles. The van der Waals surface area contributed by atoms with E-state index in [1.165, 1.54) is 48.5 Å². The maximum atomic E-state index is 14.4. The molecule has 0 saturated heterocycles. The number of ether oxygens (including phenoxy) is 1. The molecule has 3 aromatic carbocycles. The summed E-state index contributed by atoms with van der Waals surface area (Å²) in [4.78, 5) is 27.3. The van der Waals surface area contributed by atoms with E-state index < -0.39 is 23.4 Å². The molecule has 1 N–H and O–H groups in total. The molecule has 0 fully saturated rings. The van der Waals surface area contributed by atoms with Gasteiger partial charge in [0.15, 0.2) is 0 Å². The van der Waals surface area contributed by atoms with Crippen molar-refractivity contribution in [2.75, 3.05) is 16.8 Å². The molecular formula is C24H18F2N2O3. The molecule has 2 amide bonds. The number of amides is 2. The fourth-order valence-corrected chi connectivity index (χ4v) is 3.36. The third-order valence-electron chi connectivity index (χ3n) is 4.72. The van der Waals surface area contributed by atoms with E-state index in [-0.39, 0.29) is 17.0 Å². The molecule has 1 heterocycles. The Morgan fingerprint density at radius 1 is 0.903 bits per heavy atom. The Balaban J connectivity index is 1.81. The zero-order valence-electron chi connectivity index (χ0n) is 16.6. The van der Waals surface area contributed by atoms with E-state index in [0.717, 1.165) is 4.90 Å².